The van der Waals surface area contributed by atoms with E-state index in [1.807, 2.05) is 12.1 Å². The quantitative estimate of drug-likeness (QED) is 0.239. The Kier molecular flexibility index (Phi) is 8.11. The number of pyridine rings is 1. The highest BCUT2D eigenvalue weighted by Gasteiger charge is 2.20. The minimum Gasteiger partial charge on any atom is -0.286 e. The molecule has 1 atom stereocenters. The zero-order chi connectivity index (χ0) is 19.5. The second kappa shape index (κ2) is 10.8. The van der Waals surface area contributed by atoms with E-state index in [4.69, 9.17) is 0 Å². The first kappa shape index (κ1) is 20.2. The summed E-state index contributed by atoms with van der Waals surface area (Å²) in [6.45, 7) is 1.99. The lowest BCUT2D eigenvalue weighted by Gasteiger charge is -2.19. The van der Waals surface area contributed by atoms with Gasteiger partial charge in [0.2, 0.25) is 18.3 Å². The summed E-state index contributed by atoms with van der Waals surface area (Å²) in [6, 6.07) is 5.40. The molecule has 144 valence electrons. The van der Waals surface area contributed by atoms with E-state index in [1.54, 1.807) is 24.7 Å². The van der Waals surface area contributed by atoms with Crippen LogP contribution in [0, 0.1) is 5.92 Å². The van der Waals surface area contributed by atoms with Gasteiger partial charge in [-0.3, -0.25) is 30.6 Å². The fraction of sp³-hybridized carbons (Fsp3) is 0.389. The number of anilines is 1. The summed E-state index contributed by atoms with van der Waals surface area (Å²) in [4.78, 5) is 35.5. The van der Waals surface area contributed by atoms with Crippen LogP contribution in [-0.4, -0.2) is 44.1 Å². The van der Waals surface area contributed by atoms with E-state index in [0.717, 1.165) is 24.8 Å². The first-order chi connectivity index (χ1) is 13.1. The maximum atomic E-state index is 12.4. The van der Waals surface area contributed by atoms with Crippen molar-refractivity contribution in [1.82, 2.24) is 25.4 Å². The Balaban J connectivity index is 1.98. The standard InChI is InChI=1S/C18H24N6O3/c1-2-3-4-5-15(12-24(27)13-25)17(26)22-23-18-20-11-8-16(21-18)14-6-9-19-10-7-14/h6-11,13,15,27H,2-5,12H2,1H3,(H,22,26)(H,20,21,23). The number of rotatable bonds is 11. The SMILES string of the molecule is CCCCCC(CN(O)C=O)C(=O)NNc1nccc(-c2ccncc2)n1. The van der Waals surface area contributed by atoms with Crippen molar-refractivity contribution < 1.29 is 14.8 Å². The van der Waals surface area contributed by atoms with Crippen molar-refractivity contribution in [3.8, 4) is 11.3 Å². The van der Waals surface area contributed by atoms with Gasteiger partial charge in [-0.2, -0.15) is 0 Å². The van der Waals surface area contributed by atoms with E-state index in [-0.39, 0.29) is 24.8 Å². The molecule has 2 heterocycles. The van der Waals surface area contributed by atoms with Crippen molar-refractivity contribution in [2.75, 3.05) is 12.0 Å². The molecule has 0 aliphatic rings. The minimum atomic E-state index is -0.539. The van der Waals surface area contributed by atoms with E-state index < -0.39 is 5.92 Å². The normalized spacial score (nSPS) is 11.5. The molecule has 0 saturated heterocycles. The highest BCUT2D eigenvalue weighted by molar-refractivity contribution is 5.80. The molecule has 0 radical (unpaired) electrons. The van der Waals surface area contributed by atoms with E-state index in [1.165, 1.54) is 0 Å². The predicted octanol–water partition coefficient (Wildman–Crippen LogP) is 2.03. The van der Waals surface area contributed by atoms with Crippen molar-refractivity contribution in [2.45, 2.75) is 32.6 Å². The summed E-state index contributed by atoms with van der Waals surface area (Å²) < 4.78 is 0. The van der Waals surface area contributed by atoms with Gasteiger partial charge in [0.05, 0.1) is 18.2 Å². The van der Waals surface area contributed by atoms with Gasteiger partial charge in [-0.05, 0) is 24.6 Å². The molecule has 0 fully saturated rings. The van der Waals surface area contributed by atoms with Crippen LogP contribution in [0.4, 0.5) is 5.95 Å². The average Bonchev–Trinajstić information content (AvgIpc) is 2.72. The van der Waals surface area contributed by atoms with Crippen LogP contribution in [0.1, 0.15) is 32.6 Å². The lowest BCUT2D eigenvalue weighted by molar-refractivity contribution is -0.154. The molecule has 3 N–H and O–H groups in total. The molecule has 27 heavy (non-hydrogen) atoms. The smallest absolute Gasteiger partial charge is 0.243 e. The lowest BCUT2D eigenvalue weighted by Crippen LogP contribution is -2.40. The molecule has 2 aromatic heterocycles. The molecule has 1 unspecified atom stereocenters. The lowest BCUT2D eigenvalue weighted by atomic mass is 10.0. The number of aromatic nitrogens is 3. The average molecular weight is 372 g/mol. The minimum absolute atomic E-state index is 0.0708. The maximum Gasteiger partial charge on any atom is 0.243 e. The van der Waals surface area contributed by atoms with Gasteiger partial charge >= 0.3 is 0 Å². The summed E-state index contributed by atoms with van der Waals surface area (Å²) in [6.07, 6.45) is 8.58. The Morgan fingerprint density at radius 3 is 2.74 bits per heavy atom. The molecule has 9 heteroatoms. The van der Waals surface area contributed by atoms with Crippen LogP contribution in [0.5, 0.6) is 0 Å². The number of carbonyl (C=O) groups is 2. The van der Waals surface area contributed by atoms with Gasteiger partial charge in [0.1, 0.15) is 0 Å². The van der Waals surface area contributed by atoms with Crippen LogP contribution in [0.2, 0.25) is 0 Å². The molecule has 9 nitrogen and oxygen atoms in total. The summed E-state index contributed by atoms with van der Waals surface area (Å²) >= 11 is 0. The van der Waals surface area contributed by atoms with Crippen LogP contribution in [0.25, 0.3) is 11.3 Å². The third kappa shape index (κ3) is 6.63. The zero-order valence-corrected chi connectivity index (χ0v) is 15.2. The Hall–Kier alpha value is -3.07. The molecule has 0 saturated carbocycles. The van der Waals surface area contributed by atoms with Crippen molar-refractivity contribution in [3.05, 3.63) is 36.8 Å². The third-order valence-corrected chi connectivity index (χ3v) is 3.99. The summed E-state index contributed by atoms with van der Waals surface area (Å²) in [5, 5.41) is 9.90. The number of nitrogens with one attached hydrogen (secondary N) is 2. The fourth-order valence-corrected chi connectivity index (χ4v) is 2.54. The third-order valence-electron chi connectivity index (χ3n) is 3.99. The van der Waals surface area contributed by atoms with Gasteiger partial charge in [-0.15, -0.1) is 0 Å². The number of hydrazine groups is 1. The molecule has 2 aromatic rings. The van der Waals surface area contributed by atoms with Crippen LogP contribution in [-0.2, 0) is 9.59 Å². The first-order valence-corrected chi connectivity index (χ1v) is 8.84. The molecule has 0 spiro atoms. The van der Waals surface area contributed by atoms with Gasteiger partial charge < -0.3 is 0 Å². The van der Waals surface area contributed by atoms with Gasteiger partial charge in [-0.1, -0.05) is 26.2 Å². The molecule has 0 aliphatic carbocycles. The number of nitrogens with zero attached hydrogens (tertiary/aromatic N) is 4. The van der Waals surface area contributed by atoms with E-state index in [2.05, 4.69) is 32.7 Å². The molecule has 0 aliphatic heterocycles. The maximum absolute atomic E-state index is 12.4. The van der Waals surface area contributed by atoms with E-state index in [9.17, 15) is 14.8 Å². The highest BCUT2D eigenvalue weighted by Crippen LogP contribution is 2.16. The first-order valence-electron chi connectivity index (χ1n) is 8.84. The number of hydroxylamine groups is 2. The van der Waals surface area contributed by atoms with Crippen molar-refractivity contribution >= 4 is 18.3 Å². The largest absolute Gasteiger partial charge is 0.286 e. The van der Waals surface area contributed by atoms with Crippen LogP contribution >= 0.6 is 0 Å². The molecule has 2 rings (SSSR count). The number of hydrogen-bond donors (Lipinski definition) is 3. The van der Waals surface area contributed by atoms with Crippen molar-refractivity contribution in [1.29, 1.82) is 0 Å². The van der Waals surface area contributed by atoms with Crippen LogP contribution in [0.15, 0.2) is 36.8 Å². The molecule has 2 amide bonds. The van der Waals surface area contributed by atoms with Gasteiger partial charge in [-0.25, -0.2) is 15.0 Å². The van der Waals surface area contributed by atoms with Crippen molar-refractivity contribution in [3.63, 3.8) is 0 Å². The molecular weight excluding hydrogens is 348 g/mol. The Labute approximate surface area is 157 Å². The summed E-state index contributed by atoms with van der Waals surface area (Å²) in [7, 11) is 0. The van der Waals surface area contributed by atoms with Gasteiger partial charge in [0.15, 0.2) is 0 Å². The molecular formula is C18H24N6O3. The zero-order valence-electron chi connectivity index (χ0n) is 15.2. The van der Waals surface area contributed by atoms with Crippen molar-refractivity contribution in [2.24, 2.45) is 5.92 Å². The number of unbranched alkanes of at least 4 members (excludes halogenated alkanes) is 2. The topological polar surface area (TPSA) is 120 Å². The number of amides is 2. The van der Waals surface area contributed by atoms with E-state index >= 15 is 0 Å². The number of carbonyl (C=O) groups excluding carboxylic acids is 2. The Morgan fingerprint density at radius 2 is 2.04 bits per heavy atom. The van der Waals surface area contributed by atoms with Gasteiger partial charge in [0, 0.05) is 24.2 Å². The second-order valence-corrected chi connectivity index (χ2v) is 6.04. The van der Waals surface area contributed by atoms with E-state index in [0.29, 0.717) is 17.2 Å². The summed E-state index contributed by atoms with van der Waals surface area (Å²) in [5.41, 5.74) is 6.81. The predicted molar refractivity (Wildman–Crippen MR) is 99.2 cm³/mol. The number of hydrogen-bond acceptors (Lipinski definition) is 7. The molecule has 0 bridgehead atoms. The highest BCUT2D eigenvalue weighted by atomic mass is 16.5. The molecule has 0 aromatic carbocycles. The monoisotopic (exact) mass is 372 g/mol. The summed E-state index contributed by atoms with van der Waals surface area (Å²) in [5.74, 6) is -0.645. The Morgan fingerprint density at radius 1 is 1.26 bits per heavy atom. The fourth-order valence-electron chi connectivity index (χ4n) is 2.54. The van der Waals surface area contributed by atoms with Crippen LogP contribution < -0.4 is 10.9 Å². The Bertz CT molecular complexity index is 728. The van der Waals surface area contributed by atoms with Crippen LogP contribution in [0.3, 0.4) is 0 Å². The van der Waals surface area contributed by atoms with Gasteiger partial charge in [0.25, 0.3) is 0 Å². The second-order valence-electron chi connectivity index (χ2n) is 6.04.